The van der Waals surface area contributed by atoms with E-state index in [1.54, 1.807) is 0 Å². The van der Waals surface area contributed by atoms with E-state index in [-0.39, 0.29) is 0 Å². The molecule has 1 aromatic carbocycles. The smallest absolute Gasteiger partial charge is 0.272 e. The van der Waals surface area contributed by atoms with Crippen molar-refractivity contribution in [3.8, 4) is 0 Å². The van der Waals surface area contributed by atoms with E-state index in [0.717, 1.165) is 17.8 Å². The minimum absolute atomic E-state index is 0.360. The SMILES string of the molecule is CON(C1=CC=C(C(F)(F)F)C=CC1)c1ccccc1. The first-order valence-electron chi connectivity index (χ1n) is 6.06. The summed E-state index contributed by atoms with van der Waals surface area (Å²) in [6.45, 7) is 0. The fourth-order valence-corrected chi connectivity index (χ4v) is 1.91. The van der Waals surface area contributed by atoms with Gasteiger partial charge in [0, 0.05) is 6.42 Å². The minimum atomic E-state index is -4.34. The monoisotopic (exact) mass is 281 g/mol. The maximum absolute atomic E-state index is 12.7. The summed E-state index contributed by atoms with van der Waals surface area (Å²) >= 11 is 0. The largest absolute Gasteiger partial charge is 0.416 e. The van der Waals surface area contributed by atoms with Gasteiger partial charge in [-0.25, -0.2) is 5.06 Å². The molecule has 0 fully saturated rings. The van der Waals surface area contributed by atoms with E-state index < -0.39 is 11.7 Å². The second-order valence-corrected chi connectivity index (χ2v) is 4.20. The third-order valence-corrected chi connectivity index (χ3v) is 2.84. The summed E-state index contributed by atoms with van der Waals surface area (Å²) < 4.78 is 38.0. The van der Waals surface area contributed by atoms with Gasteiger partial charge in [0.15, 0.2) is 0 Å². The first-order chi connectivity index (χ1) is 9.52. The Morgan fingerprint density at radius 2 is 1.80 bits per heavy atom. The number of alkyl halides is 3. The molecule has 0 radical (unpaired) electrons. The molecule has 1 aliphatic rings. The van der Waals surface area contributed by atoms with E-state index in [0.29, 0.717) is 12.1 Å². The topological polar surface area (TPSA) is 12.5 Å². The molecule has 2 rings (SSSR count). The second kappa shape index (κ2) is 5.96. The van der Waals surface area contributed by atoms with E-state index in [2.05, 4.69) is 0 Å². The molecule has 0 saturated carbocycles. The van der Waals surface area contributed by atoms with Crippen LogP contribution in [-0.2, 0) is 4.84 Å². The summed E-state index contributed by atoms with van der Waals surface area (Å²) in [6, 6.07) is 9.19. The fourth-order valence-electron chi connectivity index (χ4n) is 1.91. The van der Waals surface area contributed by atoms with Gasteiger partial charge in [-0.15, -0.1) is 0 Å². The van der Waals surface area contributed by atoms with Gasteiger partial charge in [-0.2, -0.15) is 13.2 Å². The lowest BCUT2D eigenvalue weighted by molar-refractivity contribution is -0.0881. The van der Waals surface area contributed by atoms with Crippen LogP contribution in [0.25, 0.3) is 0 Å². The van der Waals surface area contributed by atoms with Crippen molar-refractivity contribution in [3.05, 3.63) is 65.9 Å². The number of para-hydroxylation sites is 1. The van der Waals surface area contributed by atoms with Crippen LogP contribution in [0.5, 0.6) is 0 Å². The van der Waals surface area contributed by atoms with E-state index in [9.17, 15) is 13.2 Å². The van der Waals surface area contributed by atoms with Gasteiger partial charge in [-0.3, -0.25) is 4.84 Å². The molecule has 0 aliphatic heterocycles. The number of allylic oxidation sites excluding steroid dienone is 5. The highest BCUT2D eigenvalue weighted by Gasteiger charge is 2.31. The van der Waals surface area contributed by atoms with Crippen molar-refractivity contribution >= 4 is 5.69 Å². The zero-order valence-corrected chi connectivity index (χ0v) is 10.9. The van der Waals surface area contributed by atoms with E-state index >= 15 is 0 Å². The Morgan fingerprint density at radius 1 is 1.10 bits per heavy atom. The van der Waals surface area contributed by atoms with Crippen LogP contribution in [0.15, 0.2) is 65.9 Å². The van der Waals surface area contributed by atoms with Crippen molar-refractivity contribution in [2.45, 2.75) is 12.6 Å². The highest BCUT2D eigenvalue weighted by atomic mass is 19.4. The van der Waals surface area contributed by atoms with Crippen LogP contribution < -0.4 is 5.06 Å². The van der Waals surface area contributed by atoms with Crippen molar-refractivity contribution < 1.29 is 18.0 Å². The third kappa shape index (κ3) is 3.30. The van der Waals surface area contributed by atoms with Crippen molar-refractivity contribution in [1.82, 2.24) is 0 Å². The maximum Gasteiger partial charge on any atom is 0.416 e. The van der Waals surface area contributed by atoms with Crippen LogP contribution in [0.3, 0.4) is 0 Å². The lowest BCUT2D eigenvalue weighted by atomic mass is 10.2. The molecule has 20 heavy (non-hydrogen) atoms. The number of benzene rings is 1. The molecule has 0 saturated heterocycles. The van der Waals surface area contributed by atoms with Crippen molar-refractivity contribution in [2.75, 3.05) is 12.2 Å². The average molecular weight is 281 g/mol. The molecule has 0 atom stereocenters. The second-order valence-electron chi connectivity index (χ2n) is 4.20. The Kier molecular flexibility index (Phi) is 4.29. The molecule has 106 valence electrons. The average Bonchev–Trinajstić information content (AvgIpc) is 2.67. The Morgan fingerprint density at radius 3 is 2.40 bits per heavy atom. The first-order valence-corrected chi connectivity index (χ1v) is 6.06. The van der Waals surface area contributed by atoms with Gasteiger partial charge in [0.1, 0.15) is 0 Å². The zero-order valence-electron chi connectivity index (χ0n) is 10.9. The van der Waals surface area contributed by atoms with E-state index in [1.807, 2.05) is 30.3 Å². The van der Waals surface area contributed by atoms with Crippen molar-refractivity contribution in [1.29, 1.82) is 0 Å². The van der Waals surface area contributed by atoms with E-state index in [4.69, 9.17) is 4.84 Å². The van der Waals surface area contributed by atoms with Gasteiger partial charge < -0.3 is 0 Å². The van der Waals surface area contributed by atoms with Gasteiger partial charge in [-0.1, -0.05) is 30.4 Å². The minimum Gasteiger partial charge on any atom is -0.272 e. The summed E-state index contributed by atoms with van der Waals surface area (Å²) in [5.41, 5.74) is 0.726. The summed E-state index contributed by atoms with van der Waals surface area (Å²) in [5.74, 6) is 0. The molecule has 0 aromatic heterocycles. The lowest BCUT2D eigenvalue weighted by Crippen LogP contribution is -2.20. The molecule has 5 heteroatoms. The molecule has 1 aromatic rings. The van der Waals surface area contributed by atoms with Crippen LogP contribution in [0.4, 0.5) is 18.9 Å². The summed E-state index contributed by atoms with van der Waals surface area (Å²) in [4.78, 5) is 5.27. The van der Waals surface area contributed by atoms with Gasteiger partial charge in [0.25, 0.3) is 0 Å². The Hall–Kier alpha value is -2.01. The standard InChI is InChI=1S/C15H14F3NO/c1-20-19(13-7-3-2-4-8-13)14-9-5-6-12(10-11-14)15(16,17)18/h2-8,10-11H,9H2,1H3. The van der Waals surface area contributed by atoms with Crippen molar-refractivity contribution in [3.63, 3.8) is 0 Å². The highest BCUT2D eigenvalue weighted by Crippen LogP contribution is 2.30. The van der Waals surface area contributed by atoms with Gasteiger partial charge in [-0.05, 0) is 24.3 Å². The van der Waals surface area contributed by atoms with Crippen LogP contribution in [-0.4, -0.2) is 13.3 Å². The molecule has 0 heterocycles. The zero-order chi connectivity index (χ0) is 14.6. The Balaban J connectivity index is 2.31. The van der Waals surface area contributed by atoms with Crippen LogP contribution in [0.1, 0.15) is 6.42 Å². The maximum atomic E-state index is 12.7. The van der Waals surface area contributed by atoms with Gasteiger partial charge in [0.05, 0.1) is 24.1 Å². The van der Waals surface area contributed by atoms with Crippen LogP contribution in [0.2, 0.25) is 0 Å². The molecule has 0 bridgehead atoms. The van der Waals surface area contributed by atoms with Gasteiger partial charge >= 0.3 is 6.18 Å². The van der Waals surface area contributed by atoms with Crippen molar-refractivity contribution in [2.24, 2.45) is 0 Å². The Labute approximate surface area is 115 Å². The first kappa shape index (κ1) is 14.4. The van der Waals surface area contributed by atoms with Crippen LogP contribution in [0, 0.1) is 0 Å². The summed E-state index contributed by atoms with van der Waals surface area (Å²) in [5, 5.41) is 1.51. The molecule has 0 unspecified atom stereocenters. The molecule has 0 spiro atoms. The number of hydrogen-bond donors (Lipinski definition) is 0. The number of halogens is 3. The molecular formula is C15H14F3NO. The van der Waals surface area contributed by atoms with Crippen LogP contribution >= 0.6 is 0 Å². The molecular weight excluding hydrogens is 267 g/mol. The molecule has 1 aliphatic carbocycles. The number of nitrogens with zero attached hydrogens (tertiary/aromatic N) is 1. The molecule has 0 amide bonds. The van der Waals surface area contributed by atoms with Gasteiger partial charge in [0.2, 0.25) is 0 Å². The molecule has 0 N–H and O–H groups in total. The highest BCUT2D eigenvalue weighted by molar-refractivity contribution is 5.51. The molecule has 2 nitrogen and oxygen atoms in total. The third-order valence-electron chi connectivity index (χ3n) is 2.84. The number of rotatable bonds is 3. The number of anilines is 1. The van der Waals surface area contributed by atoms with E-state index in [1.165, 1.54) is 24.3 Å². The number of hydrogen-bond acceptors (Lipinski definition) is 2. The lowest BCUT2D eigenvalue weighted by Gasteiger charge is -2.23. The predicted molar refractivity (Wildman–Crippen MR) is 71.9 cm³/mol. The normalized spacial score (nSPS) is 15.4. The predicted octanol–water partition coefficient (Wildman–Crippen LogP) is 4.39. The Bertz CT molecular complexity index is 544. The summed E-state index contributed by atoms with van der Waals surface area (Å²) in [6.07, 6.45) is 1.08. The quantitative estimate of drug-likeness (QED) is 0.762. The number of hydroxylamine groups is 1. The summed E-state index contributed by atoms with van der Waals surface area (Å²) in [7, 11) is 1.48. The fraction of sp³-hybridized carbons (Fsp3) is 0.200.